The van der Waals surface area contributed by atoms with Crippen molar-refractivity contribution in [3.8, 4) is 40.2 Å². The van der Waals surface area contributed by atoms with Crippen molar-refractivity contribution in [3.63, 3.8) is 0 Å². The number of aromatic hydroxyl groups is 4. The molecule has 0 bridgehead atoms. The smallest absolute Gasteiger partial charge is 0.205 e. The van der Waals surface area contributed by atoms with Gasteiger partial charge < -0.3 is 40.1 Å². The predicted octanol–water partition coefficient (Wildman–Crippen LogP) is 2.25. The second-order valence-corrected chi connectivity index (χ2v) is 6.27. The van der Waals surface area contributed by atoms with Gasteiger partial charge >= 0.3 is 0 Å². The van der Waals surface area contributed by atoms with E-state index in [1.165, 1.54) is 19.9 Å². The normalized spacial score (nSPS) is 19.8. The van der Waals surface area contributed by atoms with Gasteiger partial charge in [0, 0.05) is 27.8 Å². The molecule has 0 fully saturated rings. The van der Waals surface area contributed by atoms with Crippen LogP contribution in [0.4, 0.5) is 0 Å². The van der Waals surface area contributed by atoms with Crippen molar-refractivity contribution >= 4 is 0 Å². The zero-order chi connectivity index (χ0) is 18.9. The Labute approximate surface area is 147 Å². The van der Waals surface area contributed by atoms with Gasteiger partial charge in [0.1, 0.15) is 18.0 Å². The number of hydrogen-bond donors (Lipinski definition) is 6. The van der Waals surface area contributed by atoms with Crippen molar-refractivity contribution in [3.05, 3.63) is 40.2 Å². The van der Waals surface area contributed by atoms with Gasteiger partial charge in [-0.2, -0.15) is 0 Å². The predicted molar refractivity (Wildman–Crippen MR) is 87.9 cm³/mol. The molecule has 26 heavy (non-hydrogen) atoms. The first-order valence-corrected chi connectivity index (χ1v) is 7.79. The summed E-state index contributed by atoms with van der Waals surface area (Å²) in [6, 6.07) is 0. The number of phenolic OH excluding ortho intramolecular Hbond substituents is 4. The van der Waals surface area contributed by atoms with E-state index in [1.54, 1.807) is 0 Å². The number of benzene rings is 2. The highest BCUT2D eigenvalue weighted by molar-refractivity contribution is 5.74. The number of phenols is 4. The Bertz CT molecular complexity index is 992. The summed E-state index contributed by atoms with van der Waals surface area (Å²) >= 11 is 0. The van der Waals surface area contributed by atoms with Gasteiger partial charge in [0.25, 0.3) is 0 Å². The molecule has 8 heteroatoms. The highest BCUT2D eigenvalue weighted by atomic mass is 16.5. The van der Waals surface area contributed by atoms with E-state index in [2.05, 4.69) is 0 Å². The molecular formula is C18H16O8. The van der Waals surface area contributed by atoms with Crippen molar-refractivity contribution in [1.29, 1.82) is 0 Å². The zero-order valence-corrected chi connectivity index (χ0v) is 13.8. The van der Waals surface area contributed by atoms with E-state index in [1.807, 2.05) is 0 Å². The second-order valence-electron chi connectivity index (χ2n) is 6.27. The lowest BCUT2D eigenvalue weighted by molar-refractivity contribution is 0.175. The summed E-state index contributed by atoms with van der Waals surface area (Å²) in [6.45, 7) is 2.96. The van der Waals surface area contributed by atoms with Crippen LogP contribution < -0.4 is 9.47 Å². The quantitative estimate of drug-likeness (QED) is 0.393. The number of hydrogen-bond acceptors (Lipinski definition) is 8. The minimum Gasteiger partial charge on any atom is -0.504 e. The third-order valence-corrected chi connectivity index (χ3v) is 4.85. The van der Waals surface area contributed by atoms with Crippen molar-refractivity contribution in [2.24, 2.45) is 0 Å². The van der Waals surface area contributed by atoms with Crippen LogP contribution in [0.1, 0.15) is 40.0 Å². The standard InChI is InChI=1S/C18H16O8/c1-5-8-13(22)10-9-7(19)3-4-25-17(9)14(23)15(24)18(10)26-16(8)6(2)12(21)11(5)20/h3-4,7,13,19-24H,1-2H3. The lowest BCUT2D eigenvalue weighted by Crippen LogP contribution is -2.18. The van der Waals surface area contributed by atoms with Crippen molar-refractivity contribution in [1.82, 2.24) is 0 Å². The van der Waals surface area contributed by atoms with Gasteiger partial charge in [-0.05, 0) is 19.9 Å². The average Bonchev–Trinajstić information content (AvgIpc) is 2.62. The number of fused-ring (bicyclic) bond motifs is 4. The summed E-state index contributed by atoms with van der Waals surface area (Å²) in [6.07, 6.45) is -0.176. The summed E-state index contributed by atoms with van der Waals surface area (Å²) < 4.78 is 10.9. The van der Waals surface area contributed by atoms with Crippen molar-refractivity contribution in [2.45, 2.75) is 26.1 Å². The second kappa shape index (κ2) is 5.20. The maximum atomic E-state index is 11.0. The molecule has 2 aromatic carbocycles. The van der Waals surface area contributed by atoms with Gasteiger partial charge in [-0.15, -0.1) is 0 Å². The Kier molecular flexibility index (Phi) is 3.27. The summed E-state index contributed by atoms with van der Waals surface area (Å²) in [5, 5.41) is 62.0. The van der Waals surface area contributed by atoms with Gasteiger partial charge in [-0.25, -0.2) is 0 Å². The maximum absolute atomic E-state index is 11.0. The van der Waals surface area contributed by atoms with Crippen LogP contribution in [-0.4, -0.2) is 30.6 Å². The first-order chi connectivity index (χ1) is 12.3. The van der Waals surface area contributed by atoms with Crippen LogP contribution in [0.2, 0.25) is 0 Å². The molecule has 0 saturated heterocycles. The molecular weight excluding hydrogens is 344 g/mol. The molecule has 4 rings (SSSR count). The molecule has 8 nitrogen and oxygen atoms in total. The molecule has 0 spiro atoms. The highest BCUT2D eigenvalue weighted by Crippen LogP contribution is 2.60. The molecule has 2 aliphatic heterocycles. The van der Waals surface area contributed by atoms with Crippen molar-refractivity contribution in [2.75, 3.05) is 0 Å². The van der Waals surface area contributed by atoms with E-state index in [-0.39, 0.29) is 45.1 Å². The lowest BCUT2D eigenvalue weighted by Gasteiger charge is -2.33. The molecule has 0 aromatic heterocycles. The Morgan fingerprint density at radius 2 is 1.35 bits per heavy atom. The summed E-state index contributed by atoms with van der Waals surface area (Å²) in [5.74, 6) is -2.53. The molecule has 136 valence electrons. The van der Waals surface area contributed by atoms with Gasteiger partial charge in [-0.3, -0.25) is 0 Å². The van der Waals surface area contributed by atoms with E-state index in [4.69, 9.17) is 9.47 Å². The minimum atomic E-state index is -1.41. The largest absolute Gasteiger partial charge is 0.504 e. The molecule has 2 atom stereocenters. The Hall–Kier alpha value is -3.10. The van der Waals surface area contributed by atoms with E-state index in [9.17, 15) is 30.6 Å². The summed E-state index contributed by atoms with van der Waals surface area (Å²) in [5.41, 5.74) is 0.567. The molecule has 0 aliphatic carbocycles. The number of aliphatic hydroxyl groups is 2. The van der Waals surface area contributed by atoms with Crippen LogP contribution in [0.5, 0.6) is 40.2 Å². The molecule has 2 aromatic rings. The van der Waals surface area contributed by atoms with Crippen LogP contribution in [-0.2, 0) is 0 Å². The van der Waals surface area contributed by atoms with Crippen molar-refractivity contribution < 1.29 is 40.1 Å². The van der Waals surface area contributed by atoms with E-state index in [0.29, 0.717) is 0 Å². The molecule has 2 unspecified atom stereocenters. The van der Waals surface area contributed by atoms with Gasteiger partial charge in [0.15, 0.2) is 23.0 Å². The topological polar surface area (TPSA) is 140 Å². The fraction of sp³-hybridized carbons (Fsp3) is 0.222. The number of rotatable bonds is 0. The van der Waals surface area contributed by atoms with Crippen LogP contribution in [0.25, 0.3) is 0 Å². The molecule has 0 amide bonds. The Morgan fingerprint density at radius 3 is 2.04 bits per heavy atom. The molecule has 0 saturated carbocycles. The fourth-order valence-electron chi connectivity index (χ4n) is 3.45. The SMILES string of the molecule is Cc1c(O)c(O)c(C)c2c1Oc1c(O)c(O)c3c(c1C2O)C(O)C=CO3. The van der Waals surface area contributed by atoms with Crippen LogP contribution >= 0.6 is 0 Å². The summed E-state index contributed by atoms with van der Waals surface area (Å²) in [7, 11) is 0. The first kappa shape index (κ1) is 16.4. The molecule has 2 aliphatic rings. The van der Waals surface area contributed by atoms with Crippen LogP contribution in [0, 0.1) is 13.8 Å². The Morgan fingerprint density at radius 1 is 0.731 bits per heavy atom. The molecule has 6 N–H and O–H groups in total. The third-order valence-electron chi connectivity index (χ3n) is 4.85. The summed E-state index contributed by atoms with van der Waals surface area (Å²) in [4.78, 5) is 0. The Balaban J connectivity index is 2.08. The van der Waals surface area contributed by atoms with E-state index in [0.717, 1.165) is 6.26 Å². The lowest BCUT2D eigenvalue weighted by atomic mass is 9.85. The van der Waals surface area contributed by atoms with E-state index >= 15 is 0 Å². The zero-order valence-electron chi connectivity index (χ0n) is 13.8. The minimum absolute atomic E-state index is 0.00670. The van der Waals surface area contributed by atoms with Gasteiger partial charge in [-0.1, -0.05) is 0 Å². The monoisotopic (exact) mass is 360 g/mol. The van der Waals surface area contributed by atoms with Gasteiger partial charge in [0.05, 0.1) is 6.26 Å². The molecule has 2 heterocycles. The first-order valence-electron chi connectivity index (χ1n) is 7.79. The van der Waals surface area contributed by atoms with Crippen LogP contribution in [0.15, 0.2) is 12.3 Å². The average molecular weight is 360 g/mol. The van der Waals surface area contributed by atoms with Crippen LogP contribution in [0.3, 0.4) is 0 Å². The number of aliphatic hydroxyl groups excluding tert-OH is 2. The highest BCUT2D eigenvalue weighted by Gasteiger charge is 2.40. The van der Waals surface area contributed by atoms with Gasteiger partial charge in [0.2, 0.25) is 11.5 Å². The van der Waals surface area contributed by atoms with E-state index < -0.39 is 35.2 Å². The molecule has 0 radical (unpaired) electrons. The third kappa shape index (κ3) is 1.85. The number of ether oxygens (including phenoxy) is 2. The fourth-order valence-corrected chi connectivity index (χ4v) is 3.45. The maximum Gasteiger partial charge on any atom is 0.205 e.